The second-order valence-corrected chi connectivity index (χ2v) is 4.94. The zero-order chi connectivity index (χ0) is 13.8. The first kappa shape index (κ1) is 14.0. The van der Waals surface area contributed by atoms with Gasteiger partial charge in [0.2, 0.25) is 0 Å². The zero-order valence-electron chi connectivity index (χ0n) is 9.91. The van der Waals surface area contributed by atoms with Crippen LogP contribution in [0.5, 0.6) is 0 Å². The Morgan fingerprint density at radius 1 is 1.11 bits per heavy atom. The molecule has 2 aromatic rings. The van der Waals surface area contributed by atoms with E-state index in [4.69, 9.17) is 0 Å². The lowest BCUT2D eigenvalue weighted by Crippen LogP contribution is -2.18. The van der Waals surface area contributed by atoms with Crippen molar-refractivity contribution in [2.45, 2.75) is 6.04 Å². The average Bonchev–Trinajstić information content (AvgIpc) is 2.37. The Labute approximate surface area is 118 Å². The number of benzene rings is 2. The summed E-state index contributed by atoms with van der Waals surface area (Å²) < 4.78 is 28.2. The molecule has 2 nitrogen and oxygen atoms in total. The monoisotopic (exact) mass is 327 g/mol. The molecule has 0 saturated heterocycles. The second-order valence-electron chi connectivity index (χ2n) is 4.03. The molecule has 0 saturated carbocycles. The Morgan fingerprint density at radius 2 is 1.74 bits per heavy atom. The van der Waals surface area contributed by atoms with E-state index in [2.05, 4.69) is 21.2 Å². The largest absolute Gasteiger partial charge is 0.394 e. The van der Waals surface area contributed by atoms with Crippen LogP contribution < -0.4 is 5.32 Å². The zero-order valence-corrected chi connectivity index (χ0v) is 11.5. The molecule has 0 spiro atoms. The smallest absolute Gasteiger partial charge is 0.131 e. The minimum Gasteiger partial charge on any atom is -0.394 e. The summed E-state index contributed by atoms with van der Waals surface area (Å²) in [7, 11) is 0. The van der Waals surface area contributed by atoms with Gasteiger partial charge in [0.25, 0.3) is 0 Å². The summed E-state index contributed by atoms with van der Waals surface area (Å²) in [6.45, 7) is -0.412. The third-order valence-corrected chi connectivity index (χ3v) is 3.19. The molecule has 19 heavy (non-hydrogen) atoms. The lowest BCUT2D eigenvalue weighted by Gasteiger charge is -2.19. The van der Waals surface area contributed by atoms with Crippen LogP contribution in [-0.4, -0.2) is 11.7 Å². The fourth-order valence-corrected chi connectivity index (χ4v) is 2.23. The summed E-state index contributed by atoms with van der Waals surface area (Å²) in [5.41, 5.74) is 0.501. The van der Waals surface area contributed by atoms with Crippen molar-refractivity contribution in [3.8, 4) is 0 Å². The molecule has 0 fully saturated rings. The molecule has 0 heterocycles. The molecule has 0 aromatic heterocycles. The van der Waals surface area contributed by atoms with E-state index in [0.717, 1.165) is 4.47 Å². The summed E-state index contributed by atoms with van der Waals surface area (Å²) in [5, 5.41) is 12.3. The standard InChI is InChI=1S/C14H12BrF2NO/c15-9-3-1-4-10(7-9)18-13(8-19)14-11(16)5-2-6-12(14)17/h1-7,13,18-19H,8H2. The maximum absolute atomic E-state index is 13.7. The summed E-state index contributed by atoms with van der Waals surface area (Å²) >= 11 is 3.31. The van der Waals surface area contributed by atoms with E-state index in [1.807, 2.05) is 6.07 Å². The van der Waals surface area contributed by atoms with Crippen LogP contribution in [0.1, 0.15) is 11.6 Å². The Morgan fingerprint density at radius 3 is 2.32 bits per heavy atom. The minimum absolute atomic E-state index is 0.162. The normalized spacial score (nSPS) is 12.2. The number of hydrogen-bond donors (Lipinski definition) is 2. The number of hydrogen-bond acceptors (Lipinski definition) is 2. The third kappa shape index (κ3) is 3.30. The highest BCUT2D eigenvalue weighted by atomic mass is 79.9. The van der Waals surface area contributed by atoms with E-state index in [-0.39, 0.29) is 5.56 Å². The first-order valence-electron chi connectivity index (χ1n) is 5.68. The summed E-state index contributed by atoms with van der Waals surface area (Å²) in [6, 6.07) is 9.94. The molecule has 1 atom stereocenters. The van der Waals surface area contributed by atoms with Gasteiger partial charge in [-0.25, -0.2) is 8.78 Å². The van der Waals surface area contributed by atoms with Crippen molar-refractivity contribution >= 4 is 21.6 Å². The minimum atomic E-state index is -0.838. The summed E-state index contributed by atoms with van der Waals surface area (Å²) in [6.07, 6.45) is 0. The van der Waals surface area contributed by atoms with Crippen molar-refractivity contribution in [1.82, 2.24) is 0 Å². The second kappa shape index (κ2) is 6.12. The van der Waals surface area contributed by atoms with Gasteiger partial charge in [-0.15, -0.1) is 0 Å². The van der Waals surface area contributed by atoms with Crippen LogP contribution in [0, 0.1) is 11.6 Å². The Hall–Kier alpha value is -1.46. The molecule has 1 unspecified atom stereocenters. The van der Waals surface area contributed by atoms with Crippen LogP contribution in [0.25, 0.3) is 0 Å². The predicted molar refractivity (Wildman–Crippen MR) is 73.9 cm³/mol. The molecule has 0 amide bonds. The average molecular weight is 328 g/mol. The van der Waals surface area contributed by atoms with Gasteiger partial charge in [0.05, 0.1) is 12.6 Å². The number of aliphatic hydroxyl groups is 1. The Kier molecular flexibility index (Phi) is 4.50. The number of halogens is 3. The van der Waals surface area contributed by atoms with Crippen LogP contribution in [0.4, 0.5) is 14.5 Å². The van der Waals surface area contributed by atoms with Crippen molar-refractivity contribution in [3.05, 3.63) is 64.1 Å². The highest BCUT2D eigenvalue weighted by Crippen LogP contribution is 2.25. The van der Waals surface area contributed by atoms with Crippen molar-refractivity contribution in [2.75, 3.05) is 11.9 Å². The number of anilines is 1. The molecule has 2 aromatic carbocycles. The lowest BCUT2D eigenvalue weighted by atomic mass is 10.1. The molecule has 5 heteroatoms. The first-order valence-corrected chi connectivity index (χ1v) is 6.48. The highest BCUT2D eigenvalue weighted by Gasteiger charge is 2.19. The van der Waals surface area contributed by atoms with Gasteiger partial charge in [-0.3, -0.25) is 0 Å². The van der Waals surface area contributed by atoms with Crippen LogP contribution in [0.3, 0.4) is 0 Å². The van der Waals surface area contributed by atoms with Gasteiger partial charge in [0.1, 0.15) is 11.6 Å². The molecule has 100 valence electrons. The number of nitrogens with one attached hydrogen (secondary N) is 1. The third-order valence-electron chi connectivity index (χ3n) is 2.70. The first-order chi connectivity index (χ1) is 9.11. The van der Waals surface area contributed by atoms with Crippen molar-refractivity contribution in [2.24, 2.45) is 0 Å². The number of rotatable bonds is 4. The predicted octanol–water partition coefficient (Wildman–Crippen LogP) is 3.87. The molecular formula is C14H12BrF2NO. The van der Waals surface area contributed by atoms with Crippen molar-refractivity contribution in [1.29, 1.82) is 0 Å². The van der Waals surface area contributed by atoms with E-state index in [1.54, 1.807) is 18.2 Å². The molecular weight excluding hydrogens is 316 g/mol. The fraction of sp³-hybridized carbons (Fsp3) is 0.143. The summed E-state index contributed by atoms with van der Waals surface area (Å²) in [4.78, 5) is 0. The van der Waals surface area contributed by atoms with E-state index >= 15 is 0 Å². The highest BCUT2D eigenvalue weighted by molar-refractivity contribution is 9.10. The molecule has 0 aliphatic heterocycles. The van der Waals surface area contributed by atoms with E-state index in [9.17, 15) is 13.9 Å². The van der Waals surface area contributed by atoms with Crippen LogP contribution in [0.2, 0.25) is 0 Å². The molecule has 0 aliphatic carbocycles. The van der Waals surface area contributed by atoms with Crippen LogP contribution in [-0.2, 0) is 0 Å². The van der Waals surface area contributed by atoms with E-state index in [1.165, 1.54) is 18.2 Å². The quantitative estimate of drug-likeness (QED) is 0.893. The van der Waals surface area contributed by atoms with Gasteiger partial charge in [-0.05, 0) is 30.3 Å². The maximum Gasteiger partial charge on any atom is 0.131 e. The Bertz CT molecular complexity index is 557. The van der Waals surface area contributed by atoms with Gasteiger partial charge in [-0.1, -0.05) is 28.1 Å². The van der Waals surface area contributed by atoms with E-state index in [0.29, 0.717) is 5.69 Å². The molecule has 2 N–H and O–H groups in total. The van der Waals surface area contributed by atoms with Gasteiger partial charge in [0, 0.05) is 15.7 Å². The Balaban J connectivity index is 2.30. The summed E-state index contributed by atoms with van der Waals surface area (Å²) in [5.74, 6) is -1.36. The lowest BCUT2D eigenvalue weighted by molar-refractivity contribution is 0.271. The topological polar surface area (TPSA) is 32.3 Å². The fourth-order valence-electron chi connectivity index (χ4n) is 1.83. The van der Waals surface area contributed by atoms with Crippen molar-refractivity contribution in [3.63, 3.8) is 0 Å². The number of aliphatic hydroxyl groups excluding tert-OH is 1. The molecule has 0 bridgehead atoms. The SMILES string of the molecule is OCC(Nc1cccc(Br)c1)c1c(F)cccc1F. The van der Waals surface area contributed by atoms with Gasteiger partial charge < -0.3 is 10.4 Å². The molecule has 0 aliphatic rings. The van der Waals surface area contributed by atoms with Crippen LogP contribution in [0.15, 0.2) is 46.9 Å². The van der Waals surface area contributed by atoms with Gasteiger partial charge >= 0.3 is 0 Å². The van der Waals surface area contributed by atoms with Crippen LogP contribution >= 0.6 is 15.9 Å². The van der Waals surface area contributed by atoms with Gasteiger partial charge in [-0.2, -0.15) is 0 Å². The maximum atomic E-state index is 13.7. The van der Waals surface area contributed by atoms with Crippen molar-refractivity contribution < 1.29 is 13.9 Å². The van der Waals surface area contributed by atoms with Gasteiger partial charge in [0.15, 0.2) is 0 Å². The van der Waals surface area contributed by atoms with E-state index < -0.39 is 24.3 Å². The molecule has 2 rings (SSSR count). The molecule has 0 radical (unpaired) electrons.